The smallest absolute Gasteiger partial charge is 0.190 e. The second-order valence-electron chi connectivity index (χ2n) is 13.3. The normalized spacial score (nSPS) is 15.1. The minimum Gasteiger partial charge on any atom is -0.372 e. The van der Waals surface area contributed by atoms with E-state index in [9.17, 15) is 4.79 Å². The second kappa shape index (κ2) is 18.4. The maximum Gasteiger partial charge on any atom is 0.190 e. The van der Waals surface area contributed by atoms with Gasteiger partial charge in [-0.25, -0.2) is 0 Å². The lowest BCUT2D eigenvalue weighted by molar-refractivity contribution is 0.103. The van der Waals surface area contributed by atoms with E-state index < -0.39 is 0 Å². The Kier molecular flexibility index (Phi) is 13.5. The molecule has 260 valence electrons. The highest BCUT2D eigenvalue weighted by atomic mass is 16.1. The molecule has 1 atom stereocenters. The first kappa shape index (κ1) is 35.9. The Balaban J connectivity index is 1.13. The third-order valence-corrected chi connectivity index (χ3v) is 9.53. The summed E-state index contributed by atoms with van der Waals surface area (Å²) in [6.45, 7) is 13.9. The van der Waals surface area contributed by atoms with Crippen LogP contribution in [0.2, 0.25) is 0 Å². The van der Waals surface area contributed by atoms with Gasteiger partial charge < -0.3 is 20.4 Å². The van der Waals surface area contributed by atoms with Gasteiger partial charge >= 0.3 is 0 Å². The quantitative estimate of drug-likeness (QED) is 0.0932. The number of allylic oxidation sites excluding steroid dienone is 2. The number of Topliss-reactive ketones (excluding diaryl/α,β-unsaturated/α-hetero) is 1. The average molecular weight is 661 g/mol. The minimum absolute atomic E-state index is 0.0982. The first-order valence-electron chi connectivity index (χ1n) is 18.7. The van der Waals surface area contributed by atoms with Crippen molar-refractivity contribution in [2.45, 2.75) is 91.5 Å². The van der Waals surface area contributed by atoms with Crippen LogP contribution in [0.3, 0.4) is 0 Å². The molecule has 3 aromatic rings. The summed E-state index contributed by atoms with van der Waals surface area (Å²) >= 11 is 0. The van der Waals surface area contributed by atoms with E-state index in [0.717, 1.165) is 65.5 Å². The van der Waals surface area contributed by atoms with E-state index >= 15 is 0 Å². The van der Waals surface area contributed by atoms with Crippen LogP contribution in [0.5, 0.6) is 0 Å². The monoisotopic (exact) mass is 660 g/mol. The summed E-state index contributed by atoms with van der Waals surface area (Å²) in [4.78, 5) is 18.5. The van der Waals surface area contributed by atoms with Gasteiger partial charge in [-0.2, -0.15) is 10.2 Å². The van der Waals surface area contributed by atoms with Gasteiger partial charge in [-0.1, -0.05) is 71.6 Å². The Labute approximate surface area is 294 Å². The van der Waals surface area contributed by atoms with E-state index in [2.05, 4.69) is 119 Å². The first-order valence-corrected chi connectivity index (χ1v) is 18.7. The zero-order chi connectivity index (χ0) is 34.4. The molecule has 7 heteroatoms. The van der Waals surface area contributed by atoms with Crippen molar-refractivity contribution in [3.05, 3.63) is 95.6 Å². The van der Waals surface area contributed by atoms with Gasteiger partial charge in [-0.05, 0) is 97.5 Å². The number of ketones is 1. The van der Waals surface area contributed by atoms with Crippen molar-refractivity contribution in [1.82, 2.24) is 0 Å². The molecule has 1 unspecified atom stereocenters. The summed E-state index contributed by atoms with van der Waals surface area (Å²) in [5.41, 5.74) is 8.97. The number of nitrogens with zero attached hydrogens (tertiary/aromatic N) is 4. The minimum atomic E-state index is -0.152. The number of anilines is 4. The largest absolute Gasteiger partial charge is 0.372 e. The predicted molar refractivity (Wildman–Crippen MR) is 209 cm³/mol. The summed E-state index contributed by atoms with van der Waals surface area (Å²) in [5.74, 6) is 0.0982. The lowest BCUT2D eigenvalue weighted by Gasteiger charge is -2.25. The number of hydrogen-bond acceptors (Lipinski definition) is 7. The Bertz CT molecular complexity index is 1570. The van der Waals surface area contributed by atoms with Crippen LogP contribution in [0, 0.1) is 0 Å². The molecule has 7 nitrogen and oxygen atoms in total. The van der Waals surface area contributed by atoms with Gasteiger partial charge in [0.1, 0.15) is 0 Å². The molecule has 3 aromatic carbocycles. The first-order chi connectivity index (χ1) is 24.0. The predicted octanol–water partition coefficient (Wildman–Crippen LogP) is 11.0. The van der Waals surface area contributed by atoms with Gasteiger partial charge in [0.25, 0.3) is 0 Å². The Hall–Kier alpha value is -4.39. The van der Waals surface area contributed by atoms with Gasteiger partial charge in [0.15, 0.2) is 5.78 Å². The highest BCUT2D eigenvalue weighted by Crippen LogP contribution is 2.40. The maximum absolute atomic E-state index is 13.6. The summed E-state index contributed by atoms with van der Waals surface area (Å²) in [6, 6.07) is 23.1. The maximum atomic E-state index is 13.6. The number of azo groups is 1. The number of unbranched alkanes of at least 4 members (excludes halogenated alkanes) is 4. The molecule has 0 bridgehead atoms. The Morgan fingerprint density at radius 1 is 0.673 bits per heavy atom. The summed E-state index contributed by atoms with van der Waals surface area (Å²) in [6.07, 6.45) is 14.3. The zero-order valence-corrected chi connectivity index (χ0v) is 30.2. The van der Waals surface area contributed by atoms with Gasteiger partial charge in [0.05, 0.1) is 18.4 Å². The highest BCUT2D eigenvalue weighted by Gasteiger charge is 2.32. The van der Waals surface area contributed by atoms with E-state index in [1.165, 1.54) is 62.7 Å². The molecule has 0 spiro atoms. The average Bonchev–Trinajstić information content (AvgIpc) is 3.41. The molecule has 0 aromatic heterocycles. The fourth-order valence-corrected chi connectivity index (χ4v) is 6.53. The van der Waals surface area contributed by atoms with Crippen molar-refractivity contribution in [2.75, 3.05) is 53.3 Å². The molecular formula is C42H56N6O. The number of hydrogen-bond donors (Lipinski definition) is 2. The molecule has 0 fully saturated rings. The molecule has 0 amide bonds. The highest BCUT2D eigenvalue weighted by molar-refractivity contribution is 6.22. The molecule has 2 aliphatic carbocycles. The molecule has 0 radical (unpaired) electrons. The summed E-state index contributed by atoms with van der Waals surface area (Å²) < 4.78 is 0. The molecule has 2 N–H and O–H groups in total. The lowest BCUT2D eigenvalue weighted by atomic mass is 9.95. The van der Waals surface area contributed by atoms with E-state index in [0.29, 0.717) is 13.1 Å². The van der Waals surface area contributed by atoms with Gasteiger partial charge in [0.2, 0.25) is 0 Å². The van der Waals surface area contributed by atoms with Gasteiger partial charge in [-0.15, -0.1) is 0 Å². The number of nitrogens with one attached hydrogen (secondary N) is 2. The number of rotatable bonds is 20. The molecule has 0 heterocycles. The molecule has 2 aliphatic rings. The lowest BCUT2D eigenvalue weighted by Crippen LogP contribution is -2.25. The van der Waals surface area contributed by atoms with Crippen molar-refractivity contribution < 1.29 is 4.79 Å². The van der Waals surface area contributed by atoms with E-state index in [-0.39, 0.29) is 11.8 Å². The van der Waals surface area contributed by atoms with Crippen molar-refractivity contribution in [1.29, 1.82) is 0 Å². The van der Waals surface area contributed by atoms with Crippen molar-refractivity contribution in [2.24, 2.45) is 10.2 Å². The number of fused-ring (bicyclic) bond motifs is 2. The van der Waals surface area contributed by atoms with Crippen molar-refractivity contribution in [3.8, 4) is 0 Å². The number of carbonyl (C=O) groups excluding carboxylic acids is 1. The van der Waals surface area contributed by atoms with Crippen LogP contribution >= 0.6 is 0 Å². The third kappa shape index (κ3) is 9.62. The molecule has 5 rings (SSSR count). The SMILES string of the molecule is CCCCN(CCCC)c1ccc(N=NC2C=CC3=C(C2)C(=O)c2cc(NCNc4ccc(N(CCCC)CCCC)cc4)ccc23)cc1. The molecule has 0 saturated carbocycles. The fourth-order valence-electron chi connectivity index (χ4n) is 6.53. The summed E-state index contributed by atoms with van der Waals surface area (Å²) in [7, 11) is 0. The molecule has 0 saturated heterocycles. The third-order valence-electron chi connectivity index (χ3n) is 9.53. The van der Waals surface area contributed by atoms with Crippen LogP contribution in [-0.4, -0.2) is 44.7 Å². The zero-order valence-electron chi connectivity index (χ0n) is 30.2. The number of carbonyl (C=O) groups is 1. The Morgan fingerprint density at radius 3 is 1.78 bits per heavy atom. The standard InChI is InChI=1S/C42H56N6O/c1-5-9-25-47(26-10-6-2)36-19-13-32(14-20-36)43-31-44-34-17-23-38-39-24-18-35(30-41(39)42(49)40(38)29-34)46-45-33-15-21-37(22-16-33)48(27-11-7-3)28-12-8-4/h13-24,29,35,43-44H,5-12,25-28,30-31H2,1-4H3. The van der Waals surface area contributed by atoms with Crippen molar-refractivity contribution in [3.63, 3.8) is 0 Å². The number of benzene rings is 3. The van der Waals surface area contributed by atoms with Gasteiger partial charge in [0, 0.05) is 66.5 Å². The molecular weight excluding hydrogens is 605 g/mol. The van der Waals surface area contributed by atoms with Crippen LogP contribution in [-0.2, 0) is 0 Å². The second-order valence-corrected chi connectivity index (χ2v) is 13.3. The van der Waals surface area contributed by atoms with E-state index in [4.69, 9.17) is 0 Å². The summed E-state index contributed by atoms with van der Waals surface area (Å²) in [5, 5.41) is 16.1. The fraction of sp³-hybridized carbons (Fsp3) is 0.452. The van der Waals surface area contributed by atoms with Crippen LogP contribution in [0.25, 0.3) is 5.57 Å². The van der Waals surface area contributed by atoms with Gasteiger partial charge in [-0.3, -0.25) is 4.79 Å². The van der Waals surface area contributed by atoms with Crippen LogP contribution in [0.15, 0.2) is 94.7 Å². The topological polar surface area (TPSA) is 72.3 Å². The Morgan fingerprint density at radius 2 is 1.20 bits per heavy atom. The van der Waals surface area contributed by atoms with E-state index in [1.807, 2.05) is 18.2 Å². The van der Waals surface area contributed by atoms with Crippen LogP contribution < -0.4 is 20.4 Å². The van der Waals surface area contributed by atoms with Crippen LogP contribution in [0.4, 0.5) is 28.4 Å². The van der Waals surface area contributed by atoms with Crippen molar-refractivity contribution >= 4 is 39.8 Å². The van der Waals surface area contributed by atoms with Crippen LogP contribution in [0.1, 0.15) is 101 Å². The molecule has 0 aliphatic heterocycles. The molecule has 49 heavy (non-hydrogen) atoms. The van der Waals surface area contributed by atoms with E-state index in [1.54, 1.807) is 0 Å².